The van der Waals surface area contributed by atoms with Crippen LogP contribution in [0, 0.1) is 3.57 Å². The highest BCUT2D eigenvalue weighted by Gasteiger charge is 2.17. The molecule has 92 valence electrons. The van der Waals surface area contributed by atoms with Crippen LogP contribution in [0.1, 0.15) is 23.2 Å². The van der Waals surface area contributed by atoms with Crippen LogP contribution >= 0.6 is 34.2 Å². The van der Waals surface area contributed by atoms with E-state index >= 15 is 0 Å². The summed E-state index contributed by atoms with van der Waals surface area (Å²) in [6.45, 7) is 1.44. The third-order valence-corrected chi connectivity index (χ3v) is 4.31. The fourth-order valence-electron chi connectivity index (χ4n) is 1.75. The lowest BCUT2D eigenvalue weighted by Crippen LogP contribution is -2.38. The van der Waals surface area contributed by atoms with Gasteiger partial charge in [0.15, 0.2) is 0 Å². The Morgan fingerprint density at radius 2 is 2.12 bits per heavy atom. The number of hydrogen-bond donors (Lipinski definition) is 1. The molecule has 0 radical (unpaired) electrons. The van der Waals surface area contributed by atoms with Crippen molar-refractivity contribution in [2.24, 2.45) is 0 Å². The standard InChI is InChI=1S/C12H13ClINO2/c13-10-7-8(1-2-11(10)14)12(16)15-9-3-5-17-6-4-9/h1-2,7,9H,3-6H2,(H,15,16). The van der Waals surface area contributed by atoms with E-state index in [9.17, 15) is 4.79 Å². The zero-order valence-electron chi connectivity index (χ0n) is 9.21. The highest BCUT2D eigenvalue weighted by molar-refractivity contribution is 14.1. The van der Waals surface area contributed by atoms with E-state index in [-0.39, 0.29) is 11.9 Å². The second kappa shape index (κ2) is 6.02. The molecular weight excluding hydrogens is 352 g/mol. The summed E-state index contributed by atoms with van der Waals surface area (Å²) in [5.41, 5.74) is 0.613. The average molecular weight is 366 g/mol. The normalized spacial score (nSPS) is 16.8. The van der Waals surface area contributed by atoms with Gasteiger partial charge in [-0.3, -0.25) is 4.79 Å². The van der Waals surface area contributed by atoms with E-state index in [0.29, 0.717) is 10.6 Å². The summed E-state index contributed by atoms with van der Waals surface area (Å²) in [5, 5.41) is 3.62. The summed E-state index contributed by atoms with van der Waals surface area (Å²) in [6.07, 6.45) is 1.76. The first-order chi connectivity index (χ1) is 8.16. The monoisotopic (exact) mass is 365 g/mol. The lowest BCUT2D eigenvalue weighted by atomic mass is 10.1. The first-order valence-corrected chi connectivity index (χ1v) is 6.96. The number of benzene rings is 1. The second-order valence-electron chi connectivity index (χ2n) is 3.99. The van der Waals surface area contributed by atoms with Gasteiger partial charge in [0.2, 0.25) is 0 Å². The van der Waals surface area contributed by atoms with Gasteiger partial charge < -0.3 is 10.1 Å². The predicted octanol–water partition coefficient (Wildman–Crippen LogP) is 2.85. The molecule has 0 aromatic heterocycles. The van der Waals surface area contributed by atoms with Crippen molar-refractivity contribution in [3.63, 3.8) is 0 Å². The van der Waals surface area contributed by atoms with Crippen LogP contribution in [0.25, 0.3) is 0 Å². The van der Waals surface area contributed by atoms with E-state index in [1.165, 1.54) is 0 Å². The van der Waals surface area contributed by atoms with Crippen LogP contribution < -0.4 is 5.32 Å². The van der Waals surface area contributed by atoms with Crippen molar-refractivity contribution in [2.75, 3.05) is 13.2 Å². The van der Waals surface area contributed by atoms with Crippen molar-refractivity contribution >= 4 is 40.1 Å². The van der Waals surface area contributed by atoms with Gasteiger partial charge in [-0.2, -0.15) is 0 Å². The van der Waals surface area contributed by atoms with E-state index in [1.54, 1.807) is 12.1 Å². The van der Waals surface area contributed by atoms with Gasteiger partial charge >= 0.3 is 0 Å². The number of amides is 1. The molecular formula is C12H13ClINO2. The molecule has 5 heteroatoms. The van der Waals surface area contributed by atoms with Crippen molar-refractivity contribution in [3.05, 3.63) is 32.4 Å². The topological polar surface area (TPSA) is 38.3 Å². The summed E-state index contributed by atoms with van der Waals surface area (Å²) in [7, 11) is 0. The van der Waals surface area contributed by atoms with Crippen molar-refractivity contribution in [1.29, 1.82) is 0 Å². The number of rotatable bonds is 2. The molecule has 1 aromatic carbocycles. The van der Waals surface area contributed by atoms with Gasteiger partial charge in [0.25, 0.3) is 5.91 Å². The summed E-state index contributed by atoms with van der Waals surface area (Å²) in [4.78, 5) is 12.0. The second-order valence-corrected chi connectivity index (χ2v) is 5.56. The molecule has 0 unspecified atom stereocenters. The quantitative estimate of drug-likeness (QED) is 0.819. The number of hydrogen-bond acceptors (Lipinski definition) is 2. The van der Waals surface area contributed by atoms with Crippen LogP contribution in [-0.4, -0.2) is 25.2 Å². The number of carbonyl (C=O) groups is 1. The minimum absolute atomic E-state index is 0.0600. The summed E-state index contributed by atoms with van der Waals surface area (Å²) in [5.74, 6) is -0.0600. The van der Waals surface area contributed by atoms with E-state index in [1.807, 2.05) is 6.07 Å². The number of halogens is 2. The molecule has 1 aliphatic rings. The SMILES string of the molecule is O=C(NC1CCOCC1)c1ccc(I)c(Cl)c1. The predicted molar refractivity (Wildman–Crippen MR) is 75.5 cm³/mol. The Kier molecular flexibility index (Phi) is 4.64. The molecule has 0 bridgehead atoms. The highest BCUT2D eigenvalue weighted by Crippen LogP contribution is 2.19. The zero-order valence-corrected chi connectivity index (χ0v) is 12.1. The van der Waals surface area contributed by atoms with Gasteiger partial charge in [0, 0.05) is 28.4 Å². The van der Waals surface area contributed by atoms with Gasteiger partial charge in [-0.05, 0) is 53.6 Å². The molecule has 0 aliphatic carbocycles. The first-order valence-electron chi connectivity index (χ1n) is 5.50. The summed E-state index contributed by atoms with van der Waals surface area (Å²) in [6, 6.07) is 5.57. The lowest BCUT2D eigenvalue weighted by molar-refractivity contribution is 0.0696. The fraction of sp³-hybridized carbons (Fsp3) is 0.417. The Bertz CT molecular complexity index is 419. The molecule has 1 fully saturated rings. The molecule has 0 saturated carbocycles. The van der Waals surface area contributed by atoms with Crippen molar-refractivity contribution in [3.8, 4) is 0 Å². The van der Waals surface area contributed by atoms with Gasteiger partial charge in [-0.15, -0.1) is 0 Å². The van der Waals surface area contributed by atoms with Crippen molar-refractivity contribution < 1.29 is 9.53 Å². The van der Waals surface area contributed by atoms with E-state index < -0.39 is 0 Å². The number of nitrogens with one attached hydrogen (secondary N) is 1. The smallest absolute Gasteiger partial charge is 0.251 e. The molecule has 1 saturated heterocycles. The Morgan fingerprint density at radius 3 is 2.76 bits per heavy atom. The Hall–Kier alpha value is -0.330. The molecule has 1 heterocycles. The number of ether oxygens (including phenoxy) is 1. The lowest BCUT2D eigenvalue weighted by Gasteiger charge is -2.23. The van der Waals surface area contributed by atoms with E-state index in [0.717, 1.165) is 29.6 Å². The maximum atomic E-state index is 12.0. The Labute approximate surface area is 119 Å². The minimum Gasteiger partial charge on any atom is -0.381 e. The fourth-order valence-corrected chi connectivity index (χ4v) is 2.26. The van der Waals surface area contributed by atoms with Crippen LogP contribution in [0.3, 0.4) is 0 Å². The molecule has 1 N–H and O–H groups in total. The molecule has 2 rings (SSSR count). The Morgan fingerprint density at radius 1 is 1.41 bits per heavy atom. The van der Waals surface area contributed by atoms with Gasteiger partial charge in [-0.1, -0.05) is 11.6 Å². The Balaban J connectivity index is 2.01. The summed E-state index contributed by atoms with van der Waals surface area (Å²) >= 11 is 8.13. The van der Waals surface area contributed by atoms with Crippen molar-refractivity contribution in [1.82, 2.24) is 5.32 Å². The van der Waals surface area contributed by atoms with Crippen molar-refractivity contribution in [2.45, 2.75) is 18.9 Å². The van der Waals surface area contributed by atoms with Gasteiger partial charge in [0.05, 0.1) is 5.02 Å². The maximum Gasteiger partial charge on any atom is 0.251 e. The third kappa shape index (κ3) is 3.56. The zero-order chi connectivity index (χ0) is 12.3. The molecule has 17 heavy (non-hydrogen) atoms. The molecule has 3 nitrogen and oxygen atoms in total. The van der Waals surface area contributed by atoms with E-state index in [2.05, 4.69) is 27.9 Å². The van der Waals surface area contributed by atoms with Gasteiger partial charge in [0.1, 0.15) is 0 Å². The van der Waals surface area contributed by atoms with Crippen LogP contribution in [0.2, 0.25) is 5.02 Å². The molecule has 1 amide bonds. The number of carbonyl (C=O) groups excluding carboxylic acids is 1. The van der Waals surface area contributed by atoms with Crippen LogP contribution in [0.5, 0.6) is 0 Å². The van der Waals surface area contributed by atoms with E-state index in [4.69, 9.17) is 16.3 Å². The molecule has 1 aromatic rings. The summed E-state index contributed by atoms with van der Waals surface area (Å²) < 4.78 is 6.20. The molecule has 0 atom stereocenters. The third-order valence-electron chi connectivity index (χ3n) is 2.74. The van der Waals surface area contributed by atoms with Crippen LogP contribution in [0.4, 0.5) is 0 Å². The molecule has 1 aliphatic heterocycles. The van der Waals surface area contributed by atoms with Gasteiger partial charge in [-0.25, -0.2) is 0 Å². The van der Waals surface area contributed by atoms with Crippen LogP contribution in [0.15, 0.2) is 18.2 Å². The average Bonchev–Trinajstić information content (AvgIpc) is 2.34. The molecule has 0 spiro atoms. The minimum atomic E-state index is -0.0600. The largest absolute Gasteiger partial charge is 0.381 e. The highest BCUT2D eigenvalue weighted by atomic mass is 127. The first kappa shape index (κ1) is 13.1. The maximum absolute atomic E-state index is 12.0. The van der Waals surface area contributed by atoms with Crippen LogP contribution in [-0.2, 0) is 4.74 Å².